The number of anilines is 2. The number of likely N-dealkylation sites (tertiary alicyclic amines) is 1. The Morgan fingerprint density at radius 3 is 2.89 bits per heavy atom. The summed E-state index contributed by atoms with van der Waals surface area (Å²) in [7, 11) is 2.15. The minimum atomic E-state index is 0.511. The van der Waals surface area contributed by atoms with Crippen LogP contribution >= 0.6 is 0 Å². The van der Waals surface area contributed by atoms with Gasteiger partial charge in [0.15, 0.2) is 0 Å². The predicted molar refractivity (Wildman–Crippen MR) is 74.4 cm³/mol. The molecule has 0 radical (unpaired) electrons. The third-order valence-corrected chi connectivity index (χ3v) is 3.39. The van der Waals surface area contributed by atoms with Gasteiger partial charge in [-0.05, 0) is 38.2 Å². The van der Waals surface area contributed by atoms with Crippen LogP contribution in [0.5, 0.6) is 0 Å². The van der Waals surface area contributed by atoms with Crippen molar-refractivity contribution in [1.82, 2.24) is 19.9 Å². The van der Waals surface area contributed by atoms with Gasteiger partial charge in [0.25, 0.3) is 0 Å². The van der Waals surface area contributed by atoms with Gasteiger partial charge in [-0.2, -0.15) is 0 Å². The van der Waals surface area contributed by atoms with Gasteiger partial charge in [0.2, 0.25) is 5.95 Å². The summed E-state index contributed by atoms with van der Waals surface area (Å²) in [5, 5.41) is 3.13. The van der Waals surface area contributed by atoms with Gasteiger partial charge in [-0.15, -0.1) is 0 Å². The Labute approximate surface area is 112 Å². The Morgan fingerprint density at radius 2 is 2.16 bits per heavy atom. The first kappa shape index (κ1) is 12.0. The lowest BCUT2D eigenvalue weighted by molar-refractivity contribution is 0.410. The molecule has 1 atom stereocenters. The molecule has 1 fully saturated rings. The highest BCUT2D eigenvalue weighted by Crippen LogP contribution is 2.25. The van der Waals surface area contributed by atoms with Crippen molar-refractivity contribution in [3.05, 3.63) is 42.4 Å². The topological polar surface area (TPSA) is 53.9 Å². The van der Waals surface area contributed by atoms with Crippen LogP contribution in [0.15, 0.2) is 36.7 Å². The van der Waals surface area contributed by atoms with Crippen molar-refractivity contribution >= 4 is 11.8 Å². The summed E-state index contributed by atoms with van der Waals surface area (Å²) in [6.07, 6.45) is 4.72. The second kappa shape index (κ2) is 5.32. The average Bonchev–Trinajstić information content (AvgIpc) is 2.87. The first-order valence-corrected chi connectivity index (χ1v) is 6.51. The smallest absolute Gasteiger partial charge is 0.228 e. The van der Waals surface area contributed by atoms with Crippen LogP contribution in [0, 0.1) is 0 Å². The Balaban J connectivity index is 1.76. The van der Waals surface area contributed by atoms with Crippen molar-refractivity contribution in [3.8, 4) is 0 Å². The minimum absolute atomic E-state index is 0.511. The molecule has 0 saturated carbocycles. The molecular weight excluding hydrogens is 238 g/mol. The van der Waals surface area contributed by atoms with Crippen LogP contribution in [-0.2, 0) is 0 Å². The monoisotopic (exact) mass is 255 g/mol. The van der Waals surface area contributed by atoms with Crippen molar-refractivity contribution in [2.75, 3.05) is 25.5 Å². The Kier molecular flexibility index (Phi) is 3.37. The summed E-state index contributed by atoms with van der Waals surface area (Å²) < 4.78 is 0. The lowest BCUT2D eigenvalue weighted by atomic mass is 10.1. The van der Waals surface area contributed by atoms with E-state index in [2.05, 4.69) is 32.2 Å². The highest BCUT2D eigenvalue weighted by atomic mass is 15.1. The van der Waals surface area contributed by atoms with Crippen molar-refractivity contribution in [2.45, 2.75) is 12.3 Å². The molecular formula is C14H17N5. The summed E-state index contributed by atoms with van der Waals surface area (Å²) >= 11 is 0. The summed E-state index contributed by atoms with van der Waals surface area (Å²) in [6, 6.07) is 7.73. The zero-order valence-corrected chi connectivity index (χ0v) is 11.0. The van der Waals surface area contributed by atoms with Gasteiger partial charge in [0.05, 0.1) is 5.69 Å². The number of pyridine rings is 1. The van der Waals surface area contributed by atoms with E-state index in [1.165, 1.54) is 0 Å². The molecule has 1 aliphatic rings. The molecule has 1 aliphatic heterocycles. The van der Waals surface area contributed by atoms with Crippen LogP contribution in [0.4, 0.5) is 11.8 Å². The van der Waals surface area contributed by atoms with E-state index < -0.39 is 0 Å². The van der Waals surface area contributed by atoms with Gasteiger partial charge in [-0.1, -0.05) is 6.07 Å². The molecule has 0 aromatic carbocycles. The first-order chi connectivity index (χ1) is 9.31. The third kappa shape index (κ3) is 2.88. The zero-order valence-electron chi connectivity index (χ0n) is 11.0. The van der Waals surface area contributed by atoms with E-state index in [1.54, 1.807) is 6.20 Å². The van der Waals surface area contributed by atoms with Gasteiger partial charge < -0.3 is 10.2 Å². The Morgan fingerprint density at radius 1 is 1.21 bits per heavy atom. The SMILES string of the molecule is CN1CCC(c2ccnc(Nc3ccccn3)n2)C1. The molecule has 5 nitrogen and oxygen atoms in total. The number of nitrogens with one attached hydrogen (secondary N) is 1. The summed E-state index contributed by atoms with van der Waals surface area (Å²) in [6.45, 7) is 2.21. The molecule has 0 spiro atoms. The molecule has 2 aromatic heterocycles. The molecule has 2 aromatic rings. The van der Waals surface area contributed by atoms with Crippen LogP contribution in [-0.4, -0.2) is 40.0 Å². The largest absolute Gasteiger partial charge is 0.309 e. The lowest BCUT2D eigenvalue weighted by Crippen LogP contribution is -2.14. The average molecular weight is 255 g/mol. The van der Waals surface area contributed by atoms with Gasteiger partial charge in [0.1, 0.15) is 5.82 Å². The zero-order chi connectivity index (χ0) is 13.1. The summed E-state index contributed by atoms with van der Waals surface area (Å²) in [4.78, 5) is 15.4. The quantitative estimate of drug-likeness (QED) is 0.909. The Bertz CT molecular complexity index is 543. The number of likely N-dealkylation sites (N-methyl/N-ethyl adjacent to an activating group) is 1. The molecule has 98 valence electrons. The molecule has 0 amide bonds. The fourth-order valence-corrected chi connectivity index (χ4v) is 2.39. The molecule has 3 rings (SSSR count). The van der Waals surface area contributed by atoms with Gasteiger partial charge in [-0.25, -0.2) is 15.0 Å². The number of hydrogen-bond acceptors (Lipinski definition) is 5. The van der Waals surface area contributed by atoms with Crippen molar-refractivity contribution in [3.63, 3.8) is 0 Å². The highest BCUT2D eigenvalue weighted by molar-refractivity contribution is 5.46. The fraction of sp³-hybridized carbons (Fsp3) is 0.357. The van der Waals surface area contributed by atoms with E-state index in [9.17, 15) is 0 Å². The number of nitrogens with zero attached hydrogens (tertiary/aromatic N) is 4. The normalized spacial score (nSPS) is 19.5. The van der Waals surface area contributed by atoms with E-state index in [-0.39, 0.29) is 0 Å². The third-order valence-electron chi connectivity index (χ3n) is 3.39. The van der Waals surface area contributed by atoms with Crippen LogP contribution < -0.4 is 5.32 Å². The predicted octanol–water partition coefficient (Wildman–Crippen LogP) is 2.03. The fourth-order valence-electron chi connectivity index (χ4n) is 2.39. The molecule has 1 unspecified atom stereocenters. The standard InChI is InChI=1S/C14H17N5/c1-19-9-6-11(10-19)12-5-8-16-14(17-12)18-13-4-2-3-7-15-13/h2-5,7-8,11H,6,9-10H2,1H3,(H,15,16,17,18). The van der Waals surface area contributed by atoms with Crippen LogP contribution in [0.2, 0.25) is 0 Å². The second-order valence-corrected chi connectivity index (χ2v) is 4.89. The van der Waals surface area contributed by atoms with Crippen LogP contribution in [0.1, 0.15) is 18.0 Å². The van der Waals surface area contributed by atoms with Crippen molar-refractivity contribution in [2.24, 2.45) is 0 Å². The molecule has 0 aliphatic carbocycles. The molecule has 1 saturated heterocycles. The number of hydrogen-bond donors (Lipinski definition) is 1. The summed E-state index contributed by atoms with van der Waals surface area (Å²) in [5.74, 6) is 1.89. The maximum atomic E-state index is 4.60. The summed E-state index contributed by atoms with van der Waals surface area (Å²) in [5.41, 5.74) is 1.11. The van der Waals surface area contributed by atoms with Gasteiger partial charge in [-0.3, -0.25) is 0 Å². The molecule has 3 heterocycles. The number of rotatable bonds is 3. The molecule has 1 N–H and O–H groups in total. The van der Waals surface area contributed by atoms with E-state index in [0.717, 1.165) is 31.0 Å². The van der Waals surface area contributed by atoms with E-state index in [0.29, 0.717) is 11.9 Å². The van der Waals surface area contributed by atoms with Crippen molar-refractivity contribution in [1.29, 1.82) is 0 Å². The van der Waals surface area contributed by atoms with Crippen molar-refractivity contribution < 1.29 is 0 Å². The molecule has 5 heteroatoms. The van der Waals surface area contributed by atoms with E-state index in [4.69, 9.17) is 0 Å². The van der Waals surface area contributed by atoms with E-state index >= 15 is 0 Å². The van der Waals surface area contributed by atoms with Gasteiger partial charge >= 0.3 is 0 Å². The molecule has 19 heavy (non-hydrogen) atoms. The second-order valence-electron chi connectivity index (χ2n) is 4.89. The lowest BCUT2D eigenvalue weighted by Gasteiger charge is -2.11. The maximum Gasteiger partial charge on any atom is 0.228 e. The minimum Gasteiger partial charge on any atom is -0.309 e. The maximum absolute atomic E-state index is 4.60. The van der Waals surface area contributed by atoms with Crippen LogP contribution in [0.25, 0.3) is 0 Å². The first-order valence-electron chi connectivity index (χ1n) is 6.51. The van der Waals surface area contributed by atoms with Gasteiger partial charge in [0, 0.05) is 24.9 Å². The van der Waals surface area contributed by atoms with E-state index in [1.807, 2.05) is 30.5 Å². The molecule has 0 bridgehead atoms. The number of aromatic nitrogens is 3. The highest BCUT2D eigenvalue weighted by Gasteiger charge is 2.22. The Hall–Kier alpha value is -2.01. The van der Waals surface area contributed by atoms with Crippen LogP contribution in [0.3, 0.4) is 0 Å².